The maximum absolute atomic E-state index is 9.72. The largest absolute Gasteiger partial charge is 0.468 e. The van der Waals surface area contributed by atoms with Crippen molar-refractivity contribution in [2.75, 3.05) is 13.2 Å². The molecule has 0 spiro atoms. The van der Waals surface area contributed by atoms with Gasteiger partial charge in [0, 0.05) is 0 Å². The van der Waals surface area contributed by atoms with Gasteiger partial charge in [0.2, 0.25) is 0 Å². The molecule has 0 aromatic carbocycles. The van der Waals surface area contributed by atoms with E-state index in [9.17, 15) is 4.79 Å². The zero-order chi connectivity index (χ0) is 9.23. The van der Waals surface area contributed by atoms with Crippen molar-refractivity contribution in [3.63, 3.8) is 0 Å². The van der Waals surface area contributed by atoms with E-state index in [2.05, 4.69) is 9.96 Å². The second-order valence-electron chi connectivity index (χ2n) is 2.66. The number of carbonyl (C=O) groups is 1. The predicted octanol–water partition coefficient (Wildman–Crippen LogP) is 0.0296. The summed E-state index contributed by atoms with van der Waals surface area (Å²) in [6, 6.07) is 0. The van der Waals surface area contributed by atoms with Gasteiger partial charge in [0.1, 0.15) is 0 Å². The van der Waals surface area contributed by atoms with Gasteiger partial charge in [0.25, 0.3) is 6.47 Å². The summed E-state index contributed by atoms with van der Waals surface area (Å²) in [4.78, 5) is 9.72. The zero-order valence-electron chi connectivity index (χ0n) is 7.45. The fourth-order valence-electron chi connectivity index (χ4n) is 0.846. The van der Waals surface area contributed by atoms with Crippen molar-refractivity contribution in [2.24, 2.45) is 0 Å². The molecule has 2 N–H and O–H groups in total. The van der Waals surface area contributed by atoms with Crippen LogP contribution in [0.5, 0.6) is 0 Å². The molecule has 12 heavy (non-hydrogen) atoms. The number of hydrogen-bond acceptors (Lipinski definition) is 4. The van der Waals surface area contributed by atoms with Crippen LogP contribution in [0.15, 0.2) is 0 Å². The molecule has 0 amide bonds. The predicted molar refractivity (Wildman–Crippen MR) is 47.7 cm³/mol. The molecule has 0 aromatic rings. The van der Waals surface area contributed by atoms with E-state index in [0.717, 1.165) is 25.8 Å². The standard InChI is InChI=1S/C7H16BNO3/c1-8(11)9-5-3-2-4-6-12-7-10/h7,9,11H,2-6H2,1H3. The first kappa shape index (κ1) is 11.5. The fourth-order valence-corrected chi connectivity index (χ4v) is 0.846. The summed E-state index contributed by atoms with van der Waals surface area (Å²) < 4.78 is 4.51. The molecule has 0 aliphatic heterocycles. The monoisotopic (exact) mass is 173 g/mol. The Morgan fingerprint density at radius 1 is 1.50 bits per heavy atom. The lowest BCUT2D eigenvalue weighted by atomic mass is 9.89. The first-order valence-corrected chi connectivity index (χ1v) is 4.24. The van der Waals surface area contributed by atoms with Crippen LogP contribution in [-0.4, -0.2) is 31.7 Å². The van der Waals surface area contributed by atoms with E-state index in [1.54, 1.807) is 6.82 Å². The Morgan fingerprint density at radius 3 is 2.83 bits per heavy atom. The van der Waals surface area contributed by atoms with Gasteiger partial charge in [0.15, 0.2) is 0 Å². The molecular formula is C7H16BNO3. The van der Waals surface area contributed by atoms with Gasteiger partial charge in [-0.1, -0.05) is 0 Å². The smallest absolute Gasteiger partial charge is 0.373 e. The lowest BCUT2D eigenvalue weighted by Crippen LogP contribution is -2.31. The first-order valence-electron chi connectivity index (χ1n) is 4.24. The van der Waals surface area contributed by atoms with E-state index >= 15 is 0 Å². The first-order chi connectivity index (χ1) is 5.77. The average Bonchev–Trinajstić information content (AvgIpc) is 2.02. The Kier molecular flexibility index (Phi) is 8.16. The maximum atomic E-state index is 9.72. The number of hydrogen-bond donors (Lipinski definition) is 2. The van der Waals surface area contributed by atoms with Crippen molar-refractivity contribution < 1.29 is 14.6 Å². The Labute approximate surface area is 73.4 Å². The highest BCUT2D eigenvalue weighted by atomic mass is 16.5. The van der Waals surface area contributed by atoms with Crippen LogP contribution in [0.1, 0.15) is 19.3 Å². The second-order valence-corrected chi connectivity index (χ2v) is 2.66. The van der Waals surface area contributed by atoms with Crippen LogP contribution in [0.4, 0.5) is 0 Å². The molecule has 0 aromatic heterocycles. The number of ether oxygens (including phenoxy) is 1. The minimum atomic E-state index is -0.434. The van der Waals surface area contributed by atoms with Crippen LogP contribution in [0.25, 0.3) is 0 Å². The van der Waals surface area contributed by atoms with Gasteiger partial charge in [-0.15, -0.1) is 0 Å². The Bertz CT molecular complexity index is 111. The minimum Gasteiger partial charge on any atom is -0.468 e. The molecule has 0 rings (SSSR count). The summed E-state index contributed by atoms with van der Waals surface area (Å²) >= 11 is 0. The molecule has 0 bridgehead atoms. The van der Waals surface area contributed by atoms with E-state index in [1.165, 1.54) is 0 Å². The normalized spacial score (nSPS) is 9.50. The highest BCUT2D eigenvalue weighted by molar-refractivity contribution is 6.45. The summed E-state index contributed by atoms with van der Waals surface area (Å²) in [5.74, 6) is 0. The number of nitrogens with one attached hydrogen (secondary N) is 1. The van der Waals surface area contributed by atoms with E-state index in [4.69, 9.17) is 5.02 Å². The molecule has 0 heterocycles. The van der Waals surface area contributed by atoms with Crippen LogP contribution >= 0.6 is 0 Å². The van der Waals surface area contributed by atoms with E-state index in [1.807, 2.05) is 0 Å². The number of rotatable bonds is 8. The molecule has 0 unspecified atom stereocenters. The summed E-state index contributed by atoms with van der Waals surface area (Å²) in [5, 5.41) is 11.7. The van der Waals surface area contributed by atoms with Crippen molar-refractivity contribution in [3.8, 4) is 0 Å². The maximum Gasteiger partial charge on any atom is 0.373 e. The highest BCUT2D eigenvalue weighted by Gasteiger charge is 1.98. The topological polar surface area (TPSA) is 58.6 Å². The molecule has 5 heteroatoms. The summed E-state index contributed by atoms with van der Waals surface area (Å²) in [6.45, 7) is 3.46. The lowest BCUT2D eigenvalue weighted by Gasteiger charge is -2.03. The highest BCUT2D eigenvalue weighted by Crippen LogP contribution is 1.93. The minimum absolute atomic E-state index is 0.434. The van der Waals surface area contributed by atoms with Gasteiger partial charge in [-0.2, -0.15) is 0 Å². The Balaban J connectivity index is 2.86. The van der Waals surface area contributed by atoms with Crippen LogP contribution in [0.2, 0.25) is 6.82 Å². The van der Waals surface area contributed by atoms with Crippen molar-refractivity contribution in [2.45, 2.75) is 26.1 Å². The number of carbonyl (C=O) groups excluding carboxylic acids is 1. The van der Waals surface area contributed by atoms with Crippen LogP contribution in [-0.2, 0) is 9.53 Å². The molecule has 0 atom stereocenters. The van der Waals surface area contributed by atoms with Gasteiger partial charge in [-0.25, -0.2) is 0 Å². The molecule has 0 radical (unpaired) electrons. The van der Waals surface area contributed by atoms with Gasteiger partial charge >= 0.3 is 7.05 Å². The van der Waals surface area contributed by atoms with Crippen molar-refractivity contribution in [1.29, 1.82) is 0 Å². The third kappa shape index (κ3) is 9.45. The third-order valence-electron chi connectivity index (χ3n) is 1.45. The Hall–Kier alpha value is -0.545. The SMILES string of the molecule is CB(O)NCCCCCOC=O. The van der Waals surface area contributed by atoms with Gasteiger partial charge < -0.3 is 15.0 Å². The van der Waals surface area contributed by atoms with Gasteiger partial charge in [-0.3, -0.25) is 4.79 Å². The summed E-state index contributed by atoms with van der Waals surface area (Å²) in [7, 11) is -0.434. The van der Waals surface area contributed by atoms with Crippen LogP contribution in [0.3, 0.4) is 0 Å². The molecule has 0 saturated heterocycles. The quantitative estimate of drug-likeness (QED) is 0.309. The Morgan fingerprint density at radius 2 is 2.25 bits per heavy atom. The van der Waals surface area contributed by atoms with E-state index < -0.39 is 7.05 Å². The molecular weight excluding hydrogens is 157 g/mol. The summed E-state index contributed by atoms with van der Waals surface area (Å²) in [6.07, 6.45) is 2.89. The van der Waals surface area contributed by atoms with Crippen molar-refractivity contribution in [3.05, 3.63) is 0 Å². The van der Waals surface area contributed by atoms with Crippen LogP contribution < -0.4 is 5.23 Å². The second kappa shape index (κ2) is 8.55. The molecule has 0 aliphatic rings. The zero-order valence-corrected chi connectivity index (χ0v) is 7.45. The number of unbranched alkanes of at least 4 members (excludes halogenated alkanes) is 2. The summed E-state index contributed by atoms with van der Waals surface area (Å²) in [5.41, 5.74) is 0. The van der Waals surface area contributed by atoms with Crippen molar-refractivity contribution >= 4 is 13.5 Å². The molecule has 0 saturated carbocycles. The molecule has 70 valence electrons. The van der Waals surface area contributed by atoms with E-state index in [0.29, 0.717) is 13.1 Å². The van der Waals surface area contributed by atoms with Crippen molar-refractivity contribution in [1.82, 2.24) is 5.23 Å². The van der Waals surface area contributed by atoms with Gasteiger partial charge in [0.05, 0.1) is 6.61 Å². The lowest BCUT2D eigenvalue weighted by molar-refractivity contribution is -0.128. The fraction of sp³-hybridized carbons (Fsp3) is 0.857. The molecule has 4 nitrogen and oxygen atoms in total. The molecule has 0 fully saturated rings. The van der Waals surface area contributed by atoms with Crippen LogP contribution in [0, 0.1) is 0 Å². The average molecular weight is 173 g/mol. The molecule has 0 aliphatic carbocycles. The van der Waals surface area contributed by atoms with Gasteiger partial charge in [-0.05, 0) is 32.6 Å². The third-order valence-corrected chi connectivity index (χ3v) is 1.45. The van der Waals surface area contributed by atoms with E-state index in [-0.39, 0.29) is 0 Å².